The molecule has 14 heavy (non-hydrogen) atoms. The highest BCUT2D eigenvalue weighted by atomic mass is 19.1. The second kappa shape index (κ2) is 4.09. The molecule has 0 saturated heterocycles. The molecular weight excluding hydrogens is 177 g/mol. The van der Waals surface area contributed by atoms with E-state index in [0.29, 0.717) is 12.0 Å². The number of hydrogen-bond acceptors (Lipinski definition) is 1. The minimum absolute atomic E-state index is 0.0480. The first-order valence-corrected chi connectivity index (χ1v) is 4.99. The molecule has 0 fully saturated rings. The summed E-state index contributed by atoms with van der Waals surface area (Å²) in [4.78, 5) is 0. The third kappa shape index (κ3) is 2.13. The molecule has 1 atom stereocenters. The van der Waals surface area contributed by atoms with E-state index in [1.165, 1.54) is 0 Å². The smallest absolute Gasteiger partial charge is 0.147 e. The zero-order valence-electron chi connectivity index (χ0n) is 9.10. The Morgan fingerprint density at radius 2 is 1.71 bits per heavy atom. The van der Waals surface area contributed by atoms with Crippen molar-refractivity contribution in [1.29, 1.82) is 0 Å². The molecule has 0 aliphatic rings. The van der Waals surface area contributed by atoms with Crippen LogP contribution >= 0.6 is 0 Å². The number of nitrogens with two attached hydrogens (primary N) is 1. The highest BCUT2D eigenvalue weighted by Gasteiger charge is 2.28. The van der Waals surface area contributed by atoms with Gasteiger partial charge in [0.05, 0.1) is 0 Å². The quantitative estimate of drug-likeness (QED) is 0.788. The molecule has 0 aromatic heterocycles. The van der Waals surface area contributed by atoms with Gasteiger partial charge in [-0.2, -0.15) is 0 Å². The van der Waals surface area contributed by atoms with Crippen LogP contribution in [0.2, 0.25) is 0 Å². The highest BCUT2D eigenvalue weighted by Crippen LogP contribution is 2.29. The van der Waals surface area contributed by atoms with E-state index < -0.39 is 5.67 Å². The van der Waals surface area contributed by atoms with Crippen molar-refractivity contribution < 1.29 is 4.39 Å². The summed E-state index contributed by atoms with van der Waals surface area (Å²) >= 11 is 0. The first-order valence-electron chi connectivity index (χ1n) is 4.99. The Morgan fingerprint density at radius 3 is 2.07 bits per heavy atom. The van der Waals surface area contributed by atoms with Gasteiger partial charge in [-0.05, 0) is 25.8 Å². The van der Waals surface area contributed by atoms with Crippen LogP contribution in [0.5, 0.6) is 0 Å². The van der Waals surface area contributed by atoms with Crippen LogP contribution in [0.25, 0.3) is 0 Å². The van der Waals surface area contributed by atoms with E-state index in [2.05, 4.69) is 0 Å². The summed E-state index contributed by atoms with van der Waals surface area (Å²) < 4.78 is 14.2. The number of aryl methyl sites for hydroxylation is 2. The van der Waals surface area contributed by atoms with Crippen LogP contribution in [0, 0.1) is 13.8 Å². The average Bonchev–Trinajstić information content (AvgIpc) is 2.15. The predicted molar refractivity (Wildman–Crippen MR) is 58.0 cm³/mol. The largest absolute Gasteiger partial charge is 0.327 e. The van der Waals surface area contributed by atoms with Crippen LogP contribution in [0.1, 0.15) is 30.0 Å². The standard InChI is InChI=1S/C12H18FN/c1-4-12(13,8-14)11-6-9(2)5-10(3)7-11/h5-7H,4,8,14H2,1-3H3. The molecule has 1 unspecified atom stereocenters. The number of rotatable bonds is 3. The van der Waals surface area contributed by atoms with Crippen LogP contribution in [0.15, 0.2) is 18.2 Å². The van der Waals surface area contributed by atoms with E-state index in [-0.39, 0.29) is 6.54 Å². The van der Waals surface area contributed by atoms with Crippen molar-refractivity contribution in [3.63, 3.8) is 0 Å². The third-order valence-electron chi connectivity index (χ3n) is 2.62. The van der Waals surface area contributed by atoms with Gasteiger partial charge in [-0.15, -0.1) is 0 Å². The summed E-state index contributed by atoms with van der Waals surface area (Å²) in [5, 5.41) is 0. The Kier molecular flexibility index (Phi) is 3.27. The lowest BCUT2D eigenvalue weighted by Gasteiger charge is -2.23. The van der Waals surface area contributed by atoms with Gasteiger partial charge in [0.25, 0.3) is 0 Å². The lowest BCUT2D eigenvalue weighted by atomic mass is 9.91. The molecule has 0 amide bonds. The highest BCUT2D eigenvalue weighted by molar-refractivity contribution is 5.32. The van der Waals surface area contributed by atoms with Crippen molar-refractivity contribution in [1.82, 2.24) is 0 Å². The maximum Gasteiger partial charge on any atom is 0.147 e. The fraction of sp³-hybridized carbons (Fsp3) is 0.500. The fourth-order valence-corrected chi connectivity index (χ4v) is 1.70. The van der Waals surface area contributed by atoms with E-state index in [4.69, 9.17) is 5.73 Å². The van der Waals surface area contributed by atoms with Gasteiger partial charge in [-0.25, -0.2) is 4.39 Å². The summed E-state index contributed by atoms with van der Waals surface area (Å²) in [6, 6.07) is 5.79. The van der Waals surface area contributed by atoms with Gasteiger partial charge in [-0.3, -0.25) is 0 Å². The van der Waals surface area contributed by atoms with Crippen LogP contribution in [-0.4, -0.2) is 6.54 Å². The molecule has 2 heteroatoms. The van der Waals surface area contributed by atoms with Crippen LogP contribution in [-0.2, 0) is 5.67 Å². The van der Waals surface area contributed by atoms with Crippen molar-refractivity contribution in [2.45, 2.75) is 32.9 Å². The van der Waals surface area contributed by atoms with Gasteiger partial charge >= 0.3 is 0 Å². The first-order chi connectivity index (χ1) is 6.51. The third-order valence-corrected chi connectivity index (χ3v) is 2.62. The molecule has 0 spiro atoms. The molecule has 0 aliphatic carbocycles. The lowest BCUT2D eigenvalue weighted by molar-refractivity contribution is 0.169. The van der Waals surface area contributed by atoms with Crippen molar-refractivity contribution in [3.8, 4) is 0 Å². The maximum atomic E-state index is 14.2. The SMILES string of the molecule is CCC(F)(CN)c1cc(C)cc(C)c1. The van der Waals surface area contributed by atoms with Gasteiger partial charge in [0, 0.05) is 6.54 Å². The molecule has 78 valence electrons. The summed E-state index contributed by atoms with van der Waals surface area (Å²) in [5.41, 5.74) is 6.99. The molecule has 1 aromatic carbocycles. The Bertz CT molecular complexity index is 296. The van der Waals surface area contributed by atoms with Crippen LogP contribution in [0.3, 0.4) is 0 Å². The summed E-state index contributed by atoms with van der Waals surface area (Å²) in [5.74, 6) is 0. The zero-order valence-corrected chi connectivity index (χ0v) is 9.10. The topological polar surface area (TPSA) is 26.0 Å². The first kappa shape index (κ1) is 11.2. The monoisotopic (exact) mass is 195 g/mol. The number of halogens is 1. The normalized spacial score (nSPS) is 15.2. The molecule has 0 radical (unpaired) electrons. The van der Waals surface area contributed by atoms with E-state index in [9.17, 15) is 4.39 Å². The molecule has 0 bridgehead atoms. The molecular formula is C12H18FN. The summed E-state index contributed by atoms with van der Waals surface area (Å²) in [7, 11) is 0. The minimum Gasteiger partial charge on any atom is -0.327 e. The predicted octanol–water partition coefficient (Wildman–Crippen LogP) is 2.84. The minimum atomic E-state index is -1.36. The van der Waals surface area contributed by atoms with Gasteiger partial charge < -0.3 is 5.73 Å². The molecule has 0 aliphatic heterocycles. The zero-order chi connectivity index (χ0) is 10.8. The van der Waals surface area contributed by atoms with Gasteiger partial charge in [0.1, 0.15) is 5.67 Å². The molecule has 2 N–H and O–H groups in total. The van der Waals surface area contributed by atoms with Crippen molar-refractivity contribution in [3.05, 3.63) is 34.9 Å². The molecule has 1 nitrogen and oxygen atoms in total. The van der Waals surface area contributed by atoms with Gasteiger partial charge in [-0.1, -0.05) is 36.2 Å². The van der Waals surface area contributed by atoms with Crippen molar-refractivity contribution >= 4 is 0 Å². The Morgan fingerprint density at radius 1 is 1.21 bits per heavy atom. The Balaban J connectivity index is 3.17. The van der Waals surface area contributed by atoms with E-state index in [1.807, 2.05) is 39.0 Å². The van der Waals surface area contributed by atoms with Crippen LogP contribution < -0.4 is 5.73 Å². The van der Waals surface area contributed by atoms with Gasteiger partial charge in [0.15, 0.2) is 0 Å². The summed E-state index contributed by atoms with van der Waals surface area (Å²) in [6.07, 6.45) is 0.423. The maximum absolute atomic E-state index is 14.2. The summed E-state index contributed by atoms with van der Waals surface area (Å²) in [6.45, 7) is 5.82. The van der Waals surface area contributed by atoms with Crippen LogP contribution in [0.4, 0.5) is 4.39 Å². The number of benzene rings is 1. The van der Waals surface area contributed by atoms with Gasteiger partial charge in [0.2, 0.25) is 0 Å². The fourth-order valence-electron chi connectivity index (χ4n) is 1.70. The van der Waals surface area contributed by atoms with Crippen molar-refractivity contribution in [2.75, 3.05) is 6.54 Å². The van der Waals surface area contributed by atoms with E-state index in [0.717, 1.165) is 11.1 Å². The average molecular weight is 195 g/mol. The molecule has 1 aromatic rings. The van der Waals surface area contributed by atoms with E-state index in [1.54, 1.807) is 0 Å². The van der Waals surface area contributed by atoms with E-state index >= 15 is 0 Å². The number of hydrogen-bond donors (Lipinski definition) is 1. The Hall–Kier alpha value is -0.890. The second-order valence-electron chi connectivity index (χ2n) is 3.90. The molecule has 0 saturated carbocycles. The van der Waals surface area contributed by atoms with Crippen molar-refractivity contribution in [2.24, 2.45) is 5.73 Å². The molecule has 0 heterocycles. The lowest BCUT2D eigenvalue weighted by Crippen LogP contribution is -2.29. The number of alkyl halides is 1. The second-order valence-corrected chi connectivity index (χ2v) is 3.90. The molecule has 1 rings (SSSR count). The Labute approximate surface area is 85.1 Å².